The Hall–Kier alpha value is 0.270. The van der Waals surface area contributed by atoms with Gasteiger partial charge in [0.2, 0.25) is 5.94 Å². The molecule has 6 heavy (non-hydrogen) atoms. The molecule has 0 fully saturated rings. The van der Waals surface area contributed by atoms with E-state index >= 15 is 0 Å². The smallest absolute Gasteiger partial charge is 0.203 e. The third-order valence-electron chi connectivity index (χ3n) is 0.466. The van der Waals surface area contributed by atoms with Crippen molar-refractivity contribution in [2.45, 2.75) is 6.92 Å². The molecule has 0 aromatic rings. The number of rotatable bonds is 2. The third kappa shape index (κ3) is 2.50. The zero-order valence-electron chi connectivity index (χ0n) is 3.68. The van der Waals surface area contributed by atoms with Crippen LogP contribution < -0.4 is 0 Å². The number of hydrogen-bond acceptors (Lipinski definition) is 2. The first-order valence-electron chi connectivity index (χ1n) is 1.77. The molecule has 0 aliphatic rings. The number of aliphatic hydroxyl groups excluding tert-OH is 1. The second-order valence-corrected chi connectivity index (χ2v) is 2.57. The Morgan fingerprint density at radius 1 is 1.83 bits per heavy atom. The van der Waals surface area contributed by atoms with Crippen molar-refractivity contribution < 1.29 is 9.66 Å². The van der Waals surface area contributed by atoms with Gasteiger partial charge in [0.25, 0.3) is 0 Å². The highest BCUT2D eigenvalue weighted by Gasteiger charge is 1.92. The lowest BCUT2D eigenvalue weighted by molar-refractivity contribution is 0.359. The fourth-order valence-electron chi connectivity index (χ4n) is 0.0913. The molecule has 0 aromatic heterocycles. The van der Waals surface area contributed by atoms with E-state index in [1.807, 2.05) is 0 Å². The van der Waals surface area contributed by atoms with Crippen LogP contribution >= 0.6 is 0 Å². The lowest BCUT2D eigenvalue weighted by Gasteiger charge is -2.00. The standard InChI is InChI=1S/C3H8O2S/c1-2-6(5)3-4/h4H,2-3H2,1H3. The van der Waals surface area contributed by atoms with Crippen molar-refractivity contribution in [2.75, 3.05) is 11.7 Å². The van der Waals surface area contributed by atoms with E-state index in [-0.39, 0.29) is 5.94 Å². The predicted octanol–water partition coefficient (Wildman–Crippen LogP) is -0.295. The first-order chi connectivity index (χ1) is 2.81. The average molecular weight is 108 g/mol. The first-order valence-corrected chi connectivity index (χ1v) is 3.26. The topological polar surface area (TPSA) is 43.3 Å². The van der Waals surface area contributed by atoms with Gasteiger partial charge in [-0.25, -0.2) is 0 Å². The molecule has 0 saturated carbocycles. The molecule has 1 atom stereocenters. The van der Waals surface area contributed by atoms with Gasteiger partial charge >= 0.3 is 0 Å². The number of aliphatic hydroxyl groups is 1. The summed E-state index contributed by atoms with van der Waals surface area (Å²) < 4.78 is 10.0. The molecule has 0 aliphatic carbocycles. The van der Waals surface area contributed by atoms with Crippen LogP contribution in [0, 0.1) is 0 Å². The SMILES string of the molecule is CC[S+]([O-])CO. The summed E-state index contributed by atoms with van der Waals surface area (Å²) in [5.41, 5.74) is 0. The molecule has 0 bridgehead atoms. The van der Waals surface area contributed by atoms with Gasteiger partial charge in [0.1, 0.15) is 5.75 Å². The summed E-state index contributed by atoms with van der Waals surface area (Å²) in [6, 6.07) is 0. The average Bonchev–Trinajstić information content (AvgIpc) is 1.65. The molecule has 0 aliphatic heterocycles. The Kier molecular flexibility index (Phi) is 3.62. The normalized spacial score (nSPS) is 14.5. The van der Waals surface area contributed by atoms with Gasteiger partial charge in [0.05, 0.1) is 0 Å². The van der Waals surface area contributed by atoms with Gasteiger partial charge in [0.15, 0.2) is 0 Å². The molecule has 1 N–H and O–H groups in total. The van der Waals surface area contributed by atoms with Gasteiger partial charge in [-0.15, -0.1) is 0 Å². The summed E-state index contributed by atoms with van der Waals surface area (Å²) in [7, 11) is 0. The first kappa shape index (κ1) is 6.27. The second-order valence-electron chi connectivity index (χ2n) is 0.858. The van der Waals surface area contributed by atoms with Crippen LogP contribution in [0.1, 0.15) is 6.92 Å². The predicted molar refractivity (Wildman–Crippen MR) is 25.8 cm³/mol. The fraction of sp³-hybridized carbons (Fsp3) is 1.00. The van der Waals surface area contributed by atoms with Gasteiger partial charge in [-0.3, -0.25) is 0 Å². The summed E-state index contributed by atoms with van der Waals surface area (Å²) in [6.45, 7) is 1.77. The van der Waals surface area contributed by atoms with E-state index in [9.17, 15) is 4.55 Å². The quantitative estimate of drug-likeness (QED) is 0.494. The second kappa shape index (κ2) is 3.46. The van der Waals surface area contributed by atoms with Crippen molar-refractivity contribution in [1.82, 2.24) is 0 Å². The van der Waals surface area contributed by atoms with Gasteiger partial charge in [0, 0.05) is 0 Å². The minimum Gasteiger partial charge on any atom is -0.615 e. The van der Waals surface area contributed by atoms with E-state index in [1.54, 1.807) is 6.92 Å². The zero-order valence-corrected chi connectivity index (χ0v) is 4.49. The Bertz CT molecular complexity index is 28.0. The van der Waals surface area contributed by atoms with E-state index in [2.05, 4.69) is 0 Å². The van der Waals surface area contributed by atoms with Crippen LogP contribution in [0.15, 0.2) is 0 Å². The van der Waals surface area contributed by atoms with E-state index in [4.69, 9.17) is 5.11 Å². The van der Waals surface area contributed by atoms with Gasteiger partial charge in [-0.05, 0) is 18.1 Å². The molecule has 3 heteroatoms. The van der Waals surface area contributed by atoms with Crippen LogP contribution in [0.4, 0.5) is 0 Å². The lowest BCUT2D eigenvalue weighted by atomic mass is 11.0. The largest absolute Gasteiger partial charge is 0.615 e. The van der Waals surface area contributed by atoms with Crippen molar-refractivity contribution in [1.29, 1.82) is 0 Å². The summed E-state index contributed by atoms with van der Waals surface area (Å²) in [5.74, 6) is 0.354. The summed E-state index contributed by atoms with van der Waals surface area (Å²) >= 11 is -0.978. The van der Waals surface area contributed by atoms with E-state index in [0.29, 0.717) is 5.75 Å². The summed E-state index contributed by atoms with van der Waals surface area (Å²) in [6.07, 6.45) is 0. The molecule has 0 aromatic carbocycles. The zero-order chi connectivity index (χ0) is 4.99. The molecule has 0 rings (SSSR count). The highest BCUT2D eigenvalue weighted by Crippen LogP contribution is 1.82. The highest BCUT2D eigenvalue weighted by molar-refractivity contribution is 7.91. The van der Waals surface area contributed by atoms with E-state index < -0.39 is 11.2 Å². The molecule has 2 nitrogen and oxygen atoms in total. The highest BCUT2D eigenvalue weighted by atomic mass is 32.2. The maximum atomic E-state index is 10.0. The molecular weight excluding hydrogens is 100 g/mol. The third-order valence-corrected chi connectivity index (χ3v) is 1.40. The Labute approximate surface area is 40.4 Å². The van der Waals surface area contributed by atoms with Crippen molar-refractivity contribution >= 4 is 11.2 Å². The van der Waals surface area contributed by atoms with Crippen molar-refractivity contribution in [2.24, 2.45) is 0 Å². The molecule has 0 amide bonds. The van der Waals surface area contributed by atoms with Gasteiger partial charge in [-0.2, -0.15) is 0 Å². The Morgan fingerprint density at radius 2 is 2.33 bits per heavy atom. The van der Waals surface area contributed by atoms with Crippen LogP contribution in [-0.4, -0.2) is 21.4 Å². The summed E-state index contributed by atoms with van der Waals surface area (Å²) in [4.78, 5) is 0. The molecular formula is C3H8O2S. The Morgan fingerprint density at radius 3 is 2.33 bits per heavy atom. The van der Waals surface area contributed by atoms with Crippen LogP contribution in [-0.2, 0) is 11.2 Å². The Balaban J connectivity index is 2.75. The number of hydrogen-bond donors (Lipinski definition) is 1. The van der Waals surface area contributed by atoms with E-state index in [0.717, 1.165) is 0 Å². The maximum Gasteiger partial charge on any atom is 0.203 e. The monoisotopic (exact) mass is 108 g/mol. The minimum atomic E-state index is -0.978. The van der Waals surface area contributed by atoms with E-state index in [1.165, 1.54) is 0 Å². The van der Waals surface area contributed by atoms with Crippen molar-refractivity contribution in [3.63, 3.8) is 0 Å². The van der Waals surface area contributed by atoms with Crippen LogP contribution in [0.3, 0.4) is 0 Å². The molecule has 1 unspecified atom stereocenters. The van der Waals surface area contributed by atoms with Crippen molar-refractivity contribution in [3.05, 3.63) is 0 Å². The van der Waals surface area contributed by atoms with Gasteiger partial charge < -0.3 is 9.66 Å². The fourth-order valence-corrected chi connectivity index (χ4v) is 0.274. The minimum absolute atomic E-state index is 0.198. The molecule has 0 saturated heterocycles. The molecule has 0 spiro atoms. The summed E-state index contributed by atoms with van der Waals surface area (Å²) in [5, 5.41) is 8.03. The van der Waals surface area contributed by atoms with Crippen LogP contribution in [0.25, 0.3) is 0 Å². The van der Waals surface area contributed by atoms with Crippen LogP contribution in [0.5, 0.6) is 0 Å². The lowest BCUT2D eigenvalue weighted by Crippen LogP contribution is -2.06. The maximum absolute atomic E-state index is 10.0. The van der Waals surface area contributed by atoms with Gasteiger partial charge in [-0.1, -0.05) is 0 Å². The molecule has 38 valence electrons. The molecule has 0 heterocycles. The van der Waals surface area contributed by atoms with Crippen LogP contribution in [0.2, 0.25) is 0 Å². The van der Waals surface area contributed by atoms with Crippen molar-refractivity contribution in [3.8, 4) is 0 Å². The molecule has 0 radical (unpaired) electrons.